The molecule has 0 aromatic heterocycles. The summed E-state index contributed by atoms with van der Waals surface area (Å²) in [6.07, 6.45) is 0.576. The molecule has 0 atom stereocenters. The maximum absolute atomic E-state index is 10.1. The van der Waals surface area contributed by atoms with Crippen LogP contribution in [0.2, 0.25) is 0 Å². The minimum atomic E-state index is 0.576. The molecule has 58 valence electrons. The van der Waals surface area contributed by atoms with Gasteiger partial charge in [-0.15, -0.1) is 0 Å². The third-order valence-electron chi connectivity index (χ3n) is 1.34. The molecule has 0 N–H and O–H groups in total. The van der Waals surface area contributed by atoms with Crippen molar-refractivity contribution in [2.24, 2.45) is 0 Å². The zero-order valence-corrected chi connectivity index (χ0v) is 6.25. The topological polar surface area (TPSA) is 32.8 Å². The number of nitrogens with zero attached hydrogens (tertiary/aromatic N) is 2. The van der Waals surface area contributed by atoms with Gasteiger partial charge in [0.1, 0.15) is 0 Å². The number of ether oxygens (including phenoxy) is 1. The summed E-state index contributed by atoms with van der Waals surface area (Å²) in [7, 11) is 0. The van der Waals surface area contributed by atoms with Gasteiger partial charge in [0.2, 0.25) is 6.41 Å². The Morgan fingerprint density at radius 2 is 2.10 bits per heavy atom. The lowest BCUT2D eigenvalue weighted by atomic mass is 10.5. The Hall–Kier alpha value is -0.320. The van der Waals surface area contributed by atoms with Gasteiger partial charge in [0, 0.05) is 24.9 Å². The number of halogens is 1. The standard InChI is InChI=1S/C5H9ClN2O2/c6-8(5-9)7-1-3-10-4-2-7/h5H,1-4H2. The van der Waals surface area contributed by atoms with Gasteiger partial charge in [-0.05, 0) is 0 Å². The van der Waals surface area contributed by atoms with Gasteiger partial charge in [0.25, 0.3) is 0 Å². The third-order valence-corrected chi connectivity index (χ3v) is 1.64. The van der Waals surface area contributed by atoms with E-state index in [0.29, 0.717) is 32.7 Å². The summed E-state index contributed by atoms with van der Waals surface area (Å²) < 4.78 is 6.08. The van der Waals surface area contributed by atoms with Crippen molar-refractivity contribution >= 4 is 18.2 Å². The Morgan fingerprint density at radius 3 is 2.60 bits per heavy atom. The molecule has 0 bridgehead atoms. The number of carbonyl (C=O) groups is 1. The summed E-state index contributed by atoms with van der Waals surface area (Å²) in [5.74, 6) is 0. The molecular weight excluding hydrogens is 156 g/mol. The van der Waals surface area contributed by atoms with Crippen molar-refractivity contribution in [2.45, 2.75) is 0 Å². The number of carbonyl (C=O) groups excluding carboxylic acids is 1. The van der Waals surface area contributed by atoms with E-state index in [0.717, 1.165) is 4.53 Å². The Kier molecular flexibility index (Phi) is 2.92. The molecule has 4 nitrogen and oxygen atoms in total. The molecule has 0 aromatic carbocycles. The number of hydrogen-bond acceptors (Lipinski definition) is 3. The fourth-order valence-electron chi connectivity index (χ4n) is 0.811. The van der Waals surface area contributed by atoms with E-state index in [-0.39, 0.29) is 0 Å². The molecule has 1 heterocycles. The van der Waals surface area contributed by atoms with E-state index >= 15 is 0 Å². The highest BCUT2D eigenvalue weighted by Crippen LogP contribution is 2.02. The van der Waals surface area contributed by atoms with Crippen LogP contribution in [0.4, 0.5) is 0 Å². The molecule has 0 aliphatic carbocycles. The highest BCUT2D eigenvalue weighted by Gasteiger charge is 2.14. The quantitative estimate of drug-likeness (QED) is 0.420. The zero-order chi connectivity index (χ0) is 7.40. The lowest BCUT2D eigenvalue weighted by Crippen LogP contribution is -2.43. The zero-order valence-electron chi connectivity index (χ0n) is 5.49. The van der Waals surface area contributed by atoms with Crippen LogP contribution < -0.4 is 0 Å². The second kappa shape index (κ2) is 3.75. The lowest BCUT2D eigenvalue weighted by molar-refractivity contribution is -0.128. The van der Waals surface area contributed by atoms with Crippen LogP contribution in [0.1, 0.15) is 0 Å². The van der Waals surface area contributed by atoms with Crippen LogP contribution in [0.5, 0.6) is 0 Å². The van der Waals surface area contributed by atoms with Crippen molar-refractivity contribution in [3.8, 4) is 0 Å². The van der Waals surface area contributed by atoms with Gasteiger partial charge < -0.3 is 4.74 Å². The molecule has 1 saturated heterocycles. The predicted octanol–water partition coefficient (Wildman–Crippen LogP) is -0.154. The Morgan fingerprint density at radius 1 is 1.50 bits per heavy atom. The molecule has 0 saturated carbocycles. The van der Waals surface area contributed by atoms with Gasteiger partial charge in [-0.1, -0.05) is 0 Å². The normalized spacial score (nSPS) is 20.5. The monoisotopic (exact) mass is 164 g/mol. The molecule has 1 rings (SSSR count). The van der Waals surface area contributed by atoms with Crippen molar-refractivity contribution in [3.05, 3.63) is 0 Å². The molecule has 0 unspecified atom stereocenters. The van der Waals surface area contributed by atoms with Crippen LogP contribution in [0.3, 0.4) is 0 Å². The maximum atomic E-state index is 10.1. The average Bonchev–Trinajstić information content (AvgIpc) is 2.05. The number of hydrogen-bond donors (Lipinski definition) is 0. The van der Waals surface area contributed by atoms with Gasteiger partial charge in [-0.2, -0.15) is 9.54 Å². The summed E-state index contributed by atoms with van der Waals surface area (Å²) in [5, 5.41) is 1.72. The van der Waals surface area contributed by atoms with Crippen LogP contribution in [0.15, 0.2) is 0 Å². The van der Waals surface area contributed by atoms with Crippen LogP contribution >= 0.6 is 11.8 Å². The smallest absolute Gasteiger partial charge is 0.239 e. The van der Waals surface area contributed by atoms with E-state index in [9.17, 15) is 4.79 Å². The van der Waals surface area contributed by atoms with Crippen molar-refractivity contribution in [1.29, 1.82) is 0 Å². The summed E-state index contributed by atoms with van der Waals surface area (Å²) in [6.45, 7) is 2.64. The summed E-state index contributed by atoms with van der Waals surface area (Å²) in [4.78, 5) is 10.1. The molecule has 5 heteroatoms. The van der Waals surface area contributed by atoms with Crippen LogP contribution in [0, 0.1) is 0 Å². The molecule has 10 heavy (non-hydrogen) atoms. The second-order valence-corrected chi connectivity index (χ2v) is 2.31. The first-order chi connectivity index (χ1) is 4.84. The second-order valence-electron chi connectivity index (χ2n) is 1.96. The summed E-state index contributed by atoms with van der Waals surface area (Å²) >= 11 is 5.48. The predicted molar refractivity (Wildman–Crippen MR) is 36.1 cm³/mol. The Bertz CT molecular complexity index is 116. The molecule has 0 spiro atoms. The Balaban J connectivity index is 2.30. The number of morpholine rings is 1. The number of hydrazine groups is 1. The van der Waals surface area contributed by atoms with Crippen molar-refractivity contribution in [3.63, 3.8) is 0 Å². The minimum absolute atomic E-state index is 0.576. The summed E-state index contributed by atoms with van der Waals surface area (Å²) in [5.41, 5.74) is 0. The molecule has 1 fully saturated rings. The van der Waals surface area contributed by atoms with E-state index in [4.69, 9.17) is 16.5 Å². The first-order valence-corrected chi connectivity index (χ1v) is 3.41. The molecule has 1 amide bonds. The highest BCUT2D eigenvalue weighted by atomic mass is 35.5. The molecular formula is C5H9ClN2O2. The van der Waals surface area contributed by atoms with Crippen LogP contribution in [0.25, 0.3) is 0 Å². The van der Waals surface area contributed by atoms with Crippen LogP contribution in [-0.4, -0.2) is 42.3 Å². The third kappa shape index (κ3) is 1.83. The Labute approximate surface area is 64.4 Å². The van der Waals surface area contributed by atoms with Crippen LogP contribution in [-0.2, 0) is 9.53 Å². The number of rotatable bonds is 2. The van der Waals surface area contributed by atoms with E-state index in [1.165, 1.54) is 0 Å². The van der Waals surface area contributed by atoms with Gasteiger partial charge in [0.05, 0.1) is 13.2 Å². The SMILES string of the molecule is O=CN(Cl)N1CCOCC1. The van der Waals surface area contributed by atoms with Crippen molar-refractivity contribution in [2.75, 3.05) is 26.3 Å². The maximum Gasteiger partial charge on any atom is 0.239 e. The fraction of sp³-hybridized carbons (Fsp3) is 0.800. The summed E-state index contributed by atoms with van der Waals surface area (Å²) in [6, 6.07) is 0. The largest absolute Gasteiger partial charge is 0.379 e. The molecule has 0 aromatic rings. The van der Waals surface area contributed by atoms with E-state index < -0.39 is 0 Å². The first-order valence-electron chi connectivity index (χ1n) is 3.07. The molecule has 0 radical (unpaired) electrons. The van der Waals surface area contributed by atoms with Gasteiger partial charge in [0.15, 0.2) is 0 Å². The van der Waals surface area contributed by atoms with Crippen molar-refractivity contribution < 1.29 is 9.53 Å². The number of amides is 1. The minimum Gasteiger partial charge on any atom is -0.379 e. The van der Waals surface area contributed by atoms with Gasteiger partial charge in [-0.25, -0.2) is 0 Å². The average molecular weight is 165 g/mol. The van der Waals surface area contributed by atoms with Gasteiger partial charge in [-0.3, -0.25) is 4.79 Å². The van der Waals surface area contributed by atoms with Gasteiger partial charge >= 0.3 is 0 Å². The fourth-order valence-corrected chi connectivity index (χ4v) is 0.963. The van der Waals surface area contributed by atoms with E-state index in [2.05, 4.69) is 0 Å². The van der Waals surface area contributed by atoms with E-state index in [1.807, 2.05) is 0 Å². The molecule has 1 aliphatic rings. The lowest BCUT2D eigenvalue weighted by Gasteiger charge is -2.29. The van der Waals surface area contributed by atoms with E-state index in [1.54, 1.807) is 5.01 Å². The first kappa shape index (κ1) is 7.78. The van der Waals surface area contributed by atoms with Crippen molar-refractivity contribution in [1.82, 2.24) is 9.54 Å². The molecule has 1 aliphatic heterocycles. The highest BCUT2D eigenvalue weighted by molar-refractivity contribution is 6.17.